The summed E-state index contributed by atoms with van der Waals surface area (Å²) in [5.74, 6) is 0. The molecule has 1 fully saturated rings. The van der Waals surface area contributed by atoms with E-state index in [0.29, 0.717) is 18.7 Å². The number of hydrogen-bond acceptors (Lipinski definition) is 3. The van der Waals surface area contributed by atoms with Gasteiger partial charge in [0.2, 0.25) is 0 Å². The highest BCUT2D eigenvalue weighted by molar-refractivity contribution is 4.82. The van der Waals surface area contributed by atoms with Crippen LogP contribution in [0.1, 0.15) is 39.0 Å². The molecule has 1 saturated heterocycles. The molecule has 0 spiro atoms. The molecule has 2 unspecified atom stereocenters. The second-order valence-electron chi connectivity index (χ2n) is 4.34. The van der Waals surface area contributed by atoms with Gasteiger partial charge in [0, 0.05) is 25.2 Å². The van der Waals surface area contributed by atoms with Crippen molar-refractivity contribution in [1.82, 2.24) is 4.90 Å². The number of likely N-dealkylation sites (tertiary alicyclic amines) is 1. The lowest BCUT2D eigenvalue weighted by Gasteiger charge is -2.40. The lowest BCUT2D eigenvalue weighted by atomic mass is 9.96. The fraction of sp³-hybridized carbons (Fsp3) is 1.00. The Hall–Kier alpha value is -0.120. The number of piperidine rings is 1. The summed E-state index contributed by atoms with van der Waals surface area (Å²) in [7, 11) is 0. The number of hydrogen-bond donors (Lipinski definition) is 2. The van der Waals surface area contributed by atoms with Crippen LogP contribution in [-0.2, 0) is 0 Å². The van der Waals surface area contributed by atoms with Gasteiger partial charge in [-0.3, -0.25) is 4.90 Å². The molecule has 0 radical (unpaired) electrons. The van der Waals surface area contributed by atoms with E-state index in [9.17, 15) is 0 Å². The van der Waals surface area contributed by atoms with E-state index < -0.39 is 0 Å². The van der Waals surface area contributed by atoms with Crippen molar-refractivity contribution in [2.75, 3.05) is 19.7 Å². The Kier molecular flexibility index (Phi) is 5.45. The van der Waals surface area contributed by atoms with Crippen molar-refractivity contribution in [3.05, 3.63) is 0 Å². The van der Waals surface area contributed by atoms with Gasteiger partial charge in [-0.05, 0) is 39.2 Å². The molecule has 0 aromatic carbocycles. The molecule has 84 valence electrons. The van der Waals surface area contributed by atoms with Gasteiger partial charge in [-0.25, -0.2) is 0 Å². The zero-order valence-corrected chi connectivity index (χ0v) is 9.28. The van der Waals surface area contributed by atoms with Gasteiger partial charge in [-0.15, -0.1) is 0 Å². The number of nitrogens with zero attached hydrogens (tertiary/aromatic N) is 1. The van der Waals surface area contributed by atoms with Gasteiger partial charge in [-0.2, -0.15) is 0 Å². The van der Waals surface area contributed by atoms with Crippen molar-refractivity contribution in [3.63, 3.8) is 0 Å². The average Bonchev–Trinajstić information content (AvgIpc) is 2.20. The van der Waals surface area contributed by atoms with Crippen LogP contribution in [0, 0.1) is 0 Å². The van der Waals surface area contributed by atoms with Crippen LogP contribution in [-0.4, -0.2) is 41.8 Å². The summed E-state index contributed by atoms with van der Waals surface area (Å²) in [6.45, 7) is 4.49. The highest BCUT2D eigenvalue weighted by atomic mass is 16.2. The standard InChI is InChI=1S/C11H24N2O/c1-10-5-4-6-11(9-12)13(10)7-2-3-8-14/h10-11,14H,2-9,12H2,1H3. The monoisotopic (exact) mass is 200 g/mol. The largest absolute Gasteiger partial charge is 0.396 e. The van der Waals surface area contributed by atoms with Gasteiger partial charge in [0.1, 0.15) is 0 Å². The van der Waals surface area contributed by atoms with Crippen LogP contribution in [0.5, 0.6) is 0 Å². The van der Waals surface area contributed by atoms with Gasteiger partial charge in [0.25, 0.3) is 0 Å². The predicted molar refractivity (Wildman–Crippen MR) is 59.2 cm³/mol. The maximum atomic E-state index is 8.74. The summed E-state index contributed by atoms with van der Waals surface area (Å²) >= 11 is 0. The SMILES string of the molecule is CC1CCCC(CN)N1CCCCO. The van der Waals surface area contributed by atoms with Crippen molar-refractivity contribution in [2.24, 2.45) is 5.73 Å². The second kappa shape index (κ2) is 6.38. The van der Waals surface area contributed by atoms with Gasteiger partial charge in [-0.1, -0.05) is 6.42 Å². The molecule has 14 heavy (non-hydrogen) atoms. The number of nitrogens with two attached hydrogens (primary N) is 1. The van der Waals surface area contributed by atoms with Crippen LogP contribution in [0.25, 0.3) is 0 Å². The van der Waals surface area contributed by atoms with Crippen molar-refractivity contribution in [3.8, 4) is 0 Å². The first-order valence-electron chi connectivity index (χ1n) is 5.86. The van der Waals surface area contributed by atoms with Crippen LogP contribution in [0.15, 0.2) is 0 Å². The normalized spacial score (nSPS) is 29.4. The Morgan fingerprint density at radius 3 is 2.79 bits per heavy atom. The number of aliphatic hydroxyl groups is 1. The Balaban J connectivity index is 2.34. The molecule has 0 aliphatic carbocycles. The van der Waals surface area contributed by atoms with E-state index in [-0.39, 0.29) is 0 Å². The molecule has 1 aliphatic rings. The molecule has 1 aliphatic heterocycles. The Morgan fingerprint density at radius 2 is 2.14 bits per heavy atom. The lowest BCUT2D eigenvalue weighted by Crippen LogP contribution is -2.49. The minimum atomic E-state index is 0.315. The minimum absolute atomic E-state index is 0.315. The zero-order chi connectivity index (χ0) is 10.4. The van der Waals surface area contributed by atoms with Gasteiger partial charge < -0.3 is 10.8 Å². The first-order valence-corrected chi connectivity index (χ1v) is 5.86. The molecule has 1 heterocycles. The van der Waals surface area contributed by atoms with Gasteiger partial charge in [0.05, 0.1) is 0 Å². The number of unbranched alkanes of at least 4 members (excludes halogenated alkanes) is 1. The van der Waals surface area contributed by atoms with E-state index in [1.165, 1.54) is 19.3 Å². The first kappa shape index (κ1) is 12.0. The third kappa shape index (κ3) is 3.23. The van der Waals surface area contributed by atoms with Crippen LogP contribution in [0.4, 0.5) is 0 Å². The van der Waals surface area contributed by atoms with Gasteiger partial charge >= 0.3 is 0 Å². The van der Waals surface area contributed by atoms with E-state index in [4.69, 9.17) is 10.8 Å². The highest BCUT2D eigenvalue weighted by Crippen LogP contribution is 2.22. The summed E-state index contributed by atoms with van der Waals surface area (Å²) in [5.41, 5.74) is 5.77. The summed E-state index contributed by atoms with van der Waals surface area (Å²) < 4.78 is 0. The van der Waals surface area contributed by atoms with E-state index in [2.05, 4.69) is 11.8 Å². The molecule has 1 rings (SSSR count). The maximum Gasteiger partial charge on any atom is 0.0431 e. The maximum absolute atomic E-state index is 8.74. The molecular formula is C11H24N2O. The molecule has 3 heteroatoms. The molecule has 3 N–H and O–H groups in total. The highest BCUT2D eigenvalue weighted by Gasteiger charge is 2.25. The minimum Gasteiger partial charge on any atom is -0.396 e. The van der Waals surface area contributed by atoms with Crippen molar-refractivity contribution < 1.29 is 5.11 Å². The van der Waals surface area contributed by atoms with E-state index in [0.717, 1.165) is 25.9 Å². The average molecular weight is 200 g/mol. The third-order valence-corrected chi connectivity index (χ3v) is 3.29. The zero-order valence-electron chi connectivity index (χ0n) is 9.28. The Bertz CT molecular complexity index is 152. The van der Waals surface area contributed by atoms with Crippen molar-refractivity contribution in [2.45, 2.75) is 51.1 Å². The molecule has 2 atom stereocenters. The molecule has 0 aromatic rings. The van der Waals surface area contributed by atoms with E-state index in [1.807, 2.05) is 0 Å². The molecule has 0 aromatic heterocycles. The van der Waals surface area contributed by atoms with Gasteiger partial charge in [0.15, 0.2) is 0 Å². The van der Waals surface area contributed by atoms with E-state index in [1.54, 1.807) is 0 Å². The van der Waals surface area contributed by atoms with Crippen LogP contribution in [0.2, 0.25) is 0 Å². The van der Waals surface area contributed by atoms with Crippen molar-refractivity contribution >= 4 is 0 Å². The van der Waals surface area contributed by atoms with Crippen molar-refractivity contribution in [1.29, 1.82) is 0 Å². The van der Waals surface area contributed by atoms with Crippen LogP contribution < -0.4 is 5.73 Å². The summed E-state index contributed by atoms with van der Waals surface area (Å²) in [4.78, 5) is 2.53. The third-order valence-electron chi connectivity index (χ3n) is 3.29. The second-order valence-corrected chi connectivity index (χ2v) is 4.34. The molecule has 0 amide bonds. The Labute approximate surface area is 87.3 Å². The smallest absolute Gasteiger partial charge is 0.0431 e. The summed E-state index contributed by atoms with van der Waals surface area (Å²) in [6.07, 6.45) is 5.88. The topological polar surface area (TPSA) is 49.5 Å². The summed E-state index contributed by atoms with van der Waals surface area (Å²) in [5, 5.41) is 8.74. The molecule has 3 nitrogen and oxygen atoms in total. The fourth-order valence-electron chi connectivity index (χ4n) is 2.40. The summed E-state index contributed by atoms with van der Waals surface area (Å²) in [6, 6.07) is 1.26. The molecule has 0 saturated carbocycles. The quantitative estimate of drug-likeness (QED) is 0.650. The van der Waals surface area contributed by atoms with E-state index >= 15 is 0 Å². The first-order chi connectivity index (χ1) is 6.79. The lowest BCUT2D eigenvalue weighted by molar-refractivity contribution is 0.0931. The van der Waals surface area contributed by atoms with Crippen LogP contribution >= 0.6 is 0 Å². The fourth-order valence-corrected chi connectivity index (χ4v) is 2.40. The number of aliphatic hydroxyl groups excluding tert-OH is 1. The number of rotatable bonds is 5. The molecule has 0 bridgehead atoms. The predicted octanol–water partition coefficient (Wildman–Crippen LogP) is 0.961. The van der Waals surface area contributed by atoms with Crippen LogP contribution in [0.3, 0.4) is 0 Å². The molecular weight excluding hydrogens is 176 g/mol. The Morgan fingerprint density at radius 1 is 1.36 bits per heavy atom.